The summed E-state index contributed by atoms with van der Waals surface area (Å²) in [5, 5.41) is 15.7. The molecule has 0 bridgehead atoms. The van der Waals surface area contributed by atoms with Crippen LogP contribution in [0.15, 0.2) is 77.3 Å². The summed E-state index contributed by atoms with van der Waals surface area (Å²) in [6.45, 7) is 3.44. The lowest BCUT2D eigenvalue weighted by Gasteiger charge is -2.26. The minimum atomic E-state index is -0.576. The van der Waals surface area contributed by atoms with Gasteiger partial charge in [-0.1, -0.05) is 12.1 Å². The first-order valence-corrected chi connectivity index (χ1v) is 11.6. The molecule has 0 spiro atoms. The highest BCUT2D eigenvalue weighted by atomic mass is 19.1. The molecule has 2 atom stereocenters. The highest BCUT2D eigenvalue weighted by Gasteiger charge is 2.26. The number of halogens is 1. The maximum Gasteiger partial charge on any atom is 0.309 e. The molecule has 2 aromatic heterocycles. The van der Waals surface area contributed by atoms with Gasteiger partial charge in [0, 0.05) is 12.3 Å². The fraction of sp³-hybridized carbons (Fsp3) is 0.185. The number of hydrogen-bond donors (Lipinski definition) is 1. The van der Waals surface area contributed by atoms with Crippen LogP contribution in [0.3, 0.4) is 0 Å². The molecule has 37 heavy (non-hydrogen) atoms. The quantitative estimate of drug-likeness (QED) is 0.326. The van der Waals surface area contributed by atoms with Gasteiger partial charge in [0.05, 0.1) is 30.6 Å². The zero-order valence-corrected chi connectivity index (χ0v) is 20.4. The number of amides is 1. The van der Waals surface area contributed by atoms with Crippen LogP contribution >= 0.6 is 0 Å². The lowest BCUT2D eigenvalue weighted by Crippen LogP contribution is -2.39. The summed E-state index contributed by atoms with van der Waals surface area (Å²) < 4.78 is 32.1. The van der Waals surface area contributed by atoms with Crippen molar-refractivity contribution in [1.82, 2.24) is 25.3 Å². The second-order valence-electron chi connectivity index (χ2n) is 8.46. The number of rotatable bonds is 8. The molecule has 0 radical (unpaired) electrons. The largest absolute Gasteiger partial charge is 0.497 e. The number of methoxy groups -OCH3 is 1. The Kier molecular flexibility index (Phi) is 6.55. The number of hydrogen-bond acceptors (Lipinski definition) is 7. The predicted octanol–water partition coefficient (Wildman–Crippen LogP) is 4.80. The number of nitrogens with zero attached hydrogens (tertiary/aromatic N) is 4. The topological polar surface area (TPSA) is 104 Å². The first-order valence-electron chi connectivity index (χ1n) is 11.6. The van der Waals surface area contributed by atoms with Gasteiger partial charge in [0.1, 0.15) is 23.4 Å². The van der Waals surface area contributed by atoms with E-state index in [-0.39, 0.29) is 11.7 Å². The third kappa shape index (κ3) is 5.13. The molecule has 1 N–H and O–H groups in total. The van der Waals surface area contributed by atoms with Gasteiger partial charge in [-0.15, -0.1) is 10.2 Å². The number of carbonyl (C=O) groups is 1. The molecule has 0 aliphatic rings. The van der Waals surface area contributed by atoms with Crippen LogP contribution in [0.2, 0.25) is 0 Å². The van der Waals surface area contributed by atoms with Crippen molar-refractivity contribution in [3.63, 3.8) is 0 Å². The van der Waals surface area contributed by atoms with Crippen LogP contribution in [0.5, 0.6) is 11.5 Å². The summed E-state index contributed by atoms with van der Waals surface area (Å²) in [6, 6.07) is 18.7. The van der Waals surface area contributed by atoms with Gasteiger partial charge in [0.2, 0.25) is 5.89 Å². The van der Waals surface area contributed by atoms with E-state index < -0.39 is 18.1 Å². The Labute approximate surface area is 211 Å². The normalized spacial score (nSPS) is 12.8. The summed E-state index contributed by atoms with van der Waals surface area (Å²) in [4.78, 5) is 12.7. The zero-order chi connectivity index (χ0) is 25.9. The van der Waals surface area contributed by atoms with Crippen molar-refractivity contribution in [3.05, 3.63) is 96.1 Å². The first-order chi connectivity index (χ1) is 17.9. The Morgan fingerprint density at radius 2 is 1.86 bits per heavy atom. The Morgan fingerprint density at radius 3 is 2.59 bits per heavy atom. The molecule has 0 aliphatic carbocycles. The minimum Gasteiger partial charge on any atom is -0.497 e. The summed E-state index contributed by atoms with van der Waals surface area (Å²) >= 11 is 0. The molecule has 0 aliphatic heterocycles. The molecule has 5 aromatic rings. The van der Waals surface area contributed by atoms with Gasteiger partial charge in [-0.05, 0) is 67.1 Å². The summed E-state index contributed by atoms with van der Waals surface area (Å²) in [5.74, 6) is 0.605. The fourth-order valence-corrected chi connectivity index (χ4v) is 4.03. The van der Waals surface area contributed by atoms with E-state index in [1.165, 1.54) is 12.1 Å². The van der Waals surface area contributed by atoms with Gasteiger partial charge in [0.15, 0.2) is 0 Å². The highest BCUT2D eigenvalue weighted by molar-refractivity contribution is 5.89. The van der Waals surface area contributed by atoms with Crippen molar-refractivity contribution in [2.45, 2.75) is 26.0 Å². The van der Waals surface area contributed by atoms with Crippen LogP contribution in [-0.2, 0) is 0 Å². The van der Waals surface area contributed by atoms with Crippen LogP contribution in [0.1, 0.15) is 35.2 Å². The molecular formula is C27H24FN5O4. The van der Waals surface area contributed by atoms with Gasteiger partial charge in [0.25, 0.3) is 0 Å². The molecule has 10 heteroatoms. The van der Waals surface area contributed by atoms with Gasteiger partial charge in [-0.3, -0.25) is 4.79 Å². The highest BCUT2D eigenvalue weighted by Crippen LogP contribution is 2.30. The van der Waals surface area contributed by atoms with E-state index in [1.807, 2.05) is 49.4 Å². The number of aromatic nitrogens is 4. The van der Waals surface area contributed by atoms with Crippen LogP contribution in [0.4, 0.5) is 4.39 Å². The van der Waals surface area contributed by atoms with Crippen molar-refractivity contribution >= 4 is 16.8 Å². The van der Waals surface area contributed by atoms with Crippen molar-refractivity contribution in [2.75, 3.05) is 7.11 Å². The second kappa shape index (κ2) is 10.1. The van der Waals surface area contributed by atoms with Crippen LogP contribution in [-0.4, -0.2) is 39.0 Å². The Bertz CT molecular complexity index is 1550. The third-order valence-electron chi connectivity index (χ3n) is 5.83. The molecule has 0 saturated carbocycles. The Hall–Kier alpha value is -4.73. The van der Waals surface area contributed by atoms with Gasteiger partial charge >= 0.3 is 11.8 Å². The number of ether oxygens (including phenoxy) is 2. The first kappa shape index (κ1) is 24.0. The van der Waals surface area contributed by atoms with E-state index in [0.717, 1.165) is 22.2 Å². The molecule has 188 valence electrons. The molecule has 2 heterocycles. The van der Waals surface area contributed by atoms with Gasteiger partial charge < -0.3 is 19.2 Å². The average molecular weight is 502 g/mol. The van der Waals surface area contributed by atoms with Crippen molar-refractivity contribution in [2.24, 2.45) is 0 Å². The number of nitrogens with one attached hydrogen (secondary N) is 1. The lowest BCUT2D eigenvalue weighted by atomic mass is 10.0. The van der Waals surface area contributed by atoms with Crippen molar-refractivity contribution in [1.29, 1.82) is 0 Å². The van der Waals surface area contributed by atoms with E-state index in [2.05, 4.69) is 20.6 Å². The summed E-state index contributed by atoms with van der Waals surface area (Å²) in [6.07, 6.45) is 1.14. The predicted molar refractivity (Wildman–Crippen MR) is 133 cm³/mol. The van der Waals surface area contributed by atoms with E-state index in [4.69, 9.17) is 13.9 Å². The summed E-state index contributed by atoms with van der Waals surface area (Å²) in [5.41, 5.74) is 2.38. The van der Waals surface area contributed by atoms with E-state index in [0.29, 0.717) is 17.4 Å². The van der Waals surface area contributed by atoms with Crippen LogP contribution < -0.4 is 14.8 Å². The van der Waals surface area contributed by atoms with E-state index in [9.17, 15) is 9.18 Å². The average Bonchev–Trinajstić information content (AvgIpc) is 3.54. The third-order valence-corrected chi connectivity index (χ3v) is 5.83. The van der Waals surface area contributed by atoms with E-state index in [1.54, 1.807) is 37.0 Å². The Balaban J connectivity index is 1.44. The van der Waals surface area contributed by atoms with Crippen LogP contribution in [0, 0.1) is 12.7 Å². The SMILES string of the molecule is COc1cccc(C(Oc2ccc3c(cnn3-c3ccc(F)cc3)c2)C(C)NC(=O)c2nnc(C)o2)c1. The monoisotopic (exact) mass is 501 g/mol. The number of benzene rings is 3. The number of aryl methyl sites for hydroxylation is 1. The molecule has 0 saturated heterocycles. The van der Waals surface area contributed by atoms with Crippen molar-refractivity contribution < 1.29 is 23.1 Å². The standard InChI is InChI=1S/C27H24FN5O4/c1-16(30-26(34)27-32-31-17(2)36-27)25(18-5-4-6-22(13-18)35-3)37-23-11-12-24-19(14-23)15-29-33(24)21-9-7-20(28)8-10-21/h4-16,25H,1-3H3,(H,30,34). The molecule has 0 fully saturated rings. The molecule has 9 nitrogen and oxygen atoms in total. The smallest absolute Gasteiger partial charge is 0.309 e. The maximum atomic E-state index is 13.4. The fourth-order valence-electron chi connectivity index (χ4n) is 4.03. The summed E-state index contributed by atoms with van der Waals surface area (Å²) in [7, 11) is 1.59. The second-order valence-corrected chi connectivity index (χ2v) is 8.46. The zero-order valence-electron chi connectivity index (χ0n) is 20.4. The lowest BCUT2D eigenvalue weighted by molar-refractivity contribution is 0.0846. The molecule has 5 rings (SSSR count). The van der Waals surface area contributed by atoms with Gasteiger partial charge in [-0.25, -0.2) is 9.07 Å². The Morgan fingerprint density at radius 1 is 1.05 bits per heavy atom. The van der Waals surface area contributed by atoms with Gasteiger partial charge in [-0.2, -0.15) is 5.10 Å². The molecule has 2 unspecified atom stereocenters. The maximum absolute atomic E-state index is 13.4. The minimum absolute atomic E-state index is 0.122. The molecule has 3 aromatic carbocycles. The van der Waals surface area contributed by atoms with Crippen LogP contribution in [0.25, 0.3) is 16.6 Å². The van der Waals surface area contributed by atoms with Crippen molar-refractivity contribution in [3.8, 4) is 17.2 Å². The van der Waals surface area contributed by atoms with E-state index >= 15 is 0 Å². The number of fused-ring (bicyclic) bond motifs is 1. The molecular weight excluding hydrogens is 477 g/mol. The number of carbonyl (C=O) groups excluding carboxylic acids is 1. The molecule has 1 amide bonds.